The molecule has 0 amide bonds. The Hall–Kier alpha value is -3.37. The molecule has 2 aliphatic rings. The van der Waals surface area contributed by atoms with Gasteiger partial charge in [0, 0.05) is 31.0 Å². The molecule has 3 aromatic rings. The van der Waals surface area contributed by atoms with Crippen molar-refractivity contribution in [1.29, 1.82) is 0 Å². The van der Waals surface area contributed by atoms with E-state index in [4.69, 9.17) is 9.47 Å². The maximum atomic E-state index is 13.9. The lowest BCUT2D eigenvalue weighted by atomic mass is 9.51. The minimum atomic E-state index is -0.706. The molecule has 35 heavy (non-hydrogen) atoms. The molecule has 5 rings (SSSR count). The summed E-state index contributed by atoms with van der Waals surface area (Å²) >= 11 is 0. The third kappa shape index (κ3) is 3.86. The number of esters is 1. The highest BCUT2D eigenvalue weighted by Crippen LogP contribution is 2.60. The van der Waals surface area contributed by atoms with Gasteiger partial charge in [-0.2, -0.15) is 0 Å². The molecule has 1 saturated heterocycles. The number of benzene rings is 3. The fraction of sp³-hybridized carbons (Fsp3) is 0.323. The van der Waals surface area contributed by atoms with Crippen LogP contribution in [0.3, 0.4) is 0 Å². The van der Waals surface area contributed by atoms with Crippen LogP contribution in [0, 0.1) is 11.3 Å². The number of carbonyl (C=O) groups excluding carboxylic acids is 1. The van der Waals surface area contributed by atoms with E-state index in [1.165, 1.54) is 23.8 Å². The summed E-state index contributed by atoms with van der Waals surface area (Å²) in [4.78, 5) is 16.4. The van der Waals surface area contributed by atoms with Crippen LogP contribution in [0.2, 0.25) is 0 Å². The monoisotopic (exact) mass is 467 g/mol. The van der Waals surface area contributed by atoms with Crippen LogP contribution in [0.15, 0.2) is 91.0 Å². The zero-order chi connectivity index (χ0) is 24.5. The fourth-order valence-corrected chi connectivity index (χ4v) is 6.36. The minimum Gasteiger partial charge on any atom is -0.497 e. The lowest BCUT2D eigenvalue weighted by Crippen LogP contribution is -2.56. The first-order valence-corrected chi connectivity index (χ1v) is 12.3. The maximum Gasteiger partial charge on any atom is 0.314 e. The first kappa shape index (κ1) is 23.4. The number of likely N-dealkylation sites (tertiary alicyclic amines) is 1. The van der Waals surface area contributed by atoms with E-state index in [-0.39, 0.29) is 11.9 Å². The number of carbonyl (C=O) groups is 1. The SMILES string of the molecule is COC(=O)C12CN(Cc3ccccc3)CC1C(c1ccc(OC)cc1)=CCC2(C)c1ccccc1. The molecule has 0 N–H and O–H groups in total. The van der Waals surface area contributed by atoms with Crippen molar-refractivity contribution in [2.75, 3.05) is 27.3 Å². The summed E-state index contributed by atoms with van der Waals surface area (Å²) < 4.78 is 11.0. The average molecular weight is 468 g/mol. The molecule has 3 aromatic carbocycles. The van der Waals surface area contributed by atoms with Gasteiger partial charge in [-0.05, 0) is 40.8 Å². The normalized spacial score (nSPS) is 26.0. The molecule has 1 aliphatic carbocycles. The highest BCUT2D eigenvalue weighted by molar-refractivity contribution is 5.87. The van der Waals surface area contributed by atoms with Crippen LogP contribution >= 0.6 is 0 Å². The molecule has 0 radical (unpaired) electrons. The molecule has 1 fully saturated rings. The van der Waals surface area contributed by atoms with Crippen LogP contribution < -0.4 is 4.74 Å². The number of ether oxygens (including phenoxy) is 2. The summed E-state index contributed by atoms with van der Waals surface area (Å²) in [6.07, 6.45) is 3.12. The van der Waals surface area contributed by atoms with E-state index < -0.39 is 10.8 Å². The Labute approximate surface area is 208 Å². The van der Waals surface area contributed by atoms with Gasteiger partial charge in [-0.15, -0.1) is 0 Å². The minimum absolute atomic E-state index is 0.00557. The van der Waals surface area contributed by atoms with Crippen molar-refractivity contribution in [3.63, 3.8) is 0 Å². The van der Waals surface area contributed by atoms with Crippen molar-refractivity contribution in [3.8, 4) is 5.75 Å². The predicted molar refractivity (Wildman–Crippen MR) is 139 cm³/mol. The molecule has 1 heterocycles. The highest BCUT2D eigenvalue weighted by Gasteiger charge is 2.65. The summed E-state index contributed by atoms with van der Waals surface area (Å²) in [5.74, 6) is 0.713. The second kappa shape index (κ2) is 9.35. The number of nitrogens with zero attached hydrogens (tertiary/aromatic N) is 1. The largest absolute Gasteiger partial charge is 0.497 e. The molecule has 4 heteroatoms. The Morgan fingerprint density at radius 2 is 1.60 bits per heavy atom. The van der Waals surface area contributed by atoms with Crippen molar-refractivity contribution in [1.82, 2.24) is 4.90 Å². The van der Waals surface area contributed by atoms with E-state index >= 15 is 0 Å². The topological polar surface area (TPSA) is 38.8 Å². The zero-order valence-electron chi connectivity index (χ0n) is 20.7. The molecular weight excluding hydrogens is 434 g/mol. The molecular formula is C31H33NO3. The van der Waals surface area contributed by atoms with Gasteiger partial charge < -0.3 is 9.47 Å². The van der Waals surface area contributed by atoms with Gasteiger partial charge >= 0.3 is 5.97 Å². The molecule has 0 saturated carbocycles. The van der Waals surface area contributed by atoms with Crippen LogP contribution in [-0.4, -0.2) is 38.2 Å². The second-order valence-electron chi connectivity index (χ2n) is 9.96. The van der Waals surface area contributed by atoms with Crippen molar-refractivity contribution in [3.05, 3.63) is 108 Å². The van der Waals surface area contributed by atoms with Crippen LogP contribution in [0.4, 0.5) is 0 Å². The molecule has 4 nitrogen and oxygen atoms in total. The van der Waals surface area contributed by atoms with E-state index in [9.17, 15) is 4.79 Å². The molecule has 0 bridgehead atoms. The van der Waals surface area contributed by atoms with E-state index in [1.54, 1.807) is 7.11 Å². The van der Waals surface area contributed by atoms with Crippen molar-refractivity contribution in [2.24, 2.45) is 11.3 Å². The Kier molecular flexibility index (Phi) is 6.24. The summed E-state index contributed by atoms with van der Waals surface area (Å²) in [5, 5.41) is 0. The van der Waals surface area contributed by atoms with E-state index in [0.29, 0.717) is 6.54 Å². The summed E-state index contributed by atoms with van der Waals surface area (Å²) in [5.41, 5.74) is 3.70. The van der Waals surface area contributed by atoms with Gasteiger partial charge in [0.1, 0.15) is 5.75 Å². The zero-order valence-corrected chi connectivity index (χ0v) is 20.7. The second-order valence-corrected chi connectivity index (χ2v) is 9.96. The van der Waals surface area contributed by atoms with Crippen LogP contribution in [0.1, 0.15) is 30.0 Å². The average Bonchev–Trinajstić information content (AvgIpc) is 3.30. The van der Waals surface area contributed by atoms with Gasteiger partial charge in [-0.3, -0.25) is 9.69 Å². The lowest BCUT2D eigenvalue weighted by molar-refractivity contribution is -0.159. The Morgan fingerprint density at radius 3 is 2.23 bits per heavy atom. The molecule has 3 atom stereocenters. The number of methoxy groups -OCH3 is 2. The van der Waals surface area contributed by atoms with E-state index in [1.807, 2.05) is 24.3 Å². The third-order valence-electron chi connectivity index (χ3n) is 8.23. The van der Waals surface area contributed by atoms with Crippen molar-refractivity contribution < 1.29 is 14.3 Å². The van der Waals surface area contributed by atoms with E-state index in [0.717, 1.165) is 30.8 Å². The van der Waals surface area contributed by atoms with Crippen LogP contribution in [0.25, 0.3) is 5.57 Å². The number of hydrogen-bond acceptors (Lipinski definition) is 4. The Bertz CT molecular complexity index is 1200. The Morgan fingerprint density at radius 1 is 0.943 bits per heavy atom. The number of fused-ring (bicyclic) bond motifs is 1. The fourth-order valence-electron chi connectivity index (χ4n) is 6.36. The molecule has 0 aromatic heterocycles. The van der Waals surface area contributed by atoms with Crippen LogP contribution in [0.5, 0.6) is 5.75 Å². The highest BCUT2D eigenvalue weighted by atomic mass is 16.5. The number of hydrogen-bond donors (Lipinski definition) is 0. The number of rotatable bonds is 6. The van der Waals surface area contributed by atoms with Crippen LogP contribution in [-0.2, 0) is 21.5 Å². The van der Waals surface area contributed by atoms with Crippen molar-refractivity contribution in [2.45, 2.75) is 25.3 Å². The van der Waals surface area contributed by atoms with E-state index in [2.05, 4.69) is 78.6 Å². The molecule has 3 unspecified atom stereocenters. The maximum absolute atomic E-state index is 13.9. The number of allylic oxidation sites excluding steroid dienone is 1. The summed E-state index contributed by atoms with van der Waals surface area (Å²) in [7, 11) is 3.21. The lowest BCUT2D eigenvalue weighted by Gasteiger charge is -2.51. The Balaban J connectivity index is 1.65. The van der Waals surface area contributed by atoms with Gasteiger partial charge in [0.2, 0.25) is 0 Å². The van der Waals surface area contributed by atoms with Crippen molar-refractivity contribution >= 4 is 11.5 Å². The summed E-state index contributed by atoms with van der Waals surface area (Å²) in [6.45, 7) is 4.50. The molecule has 1 aliphatic heterocycles. The smallest absolute Gasteiger partial charge is 0.314 e. The summed E-state index contributed by atoms with van der Waals surface area (Å²) in [6, 6.07) is 29.2. The van der Waals surface area contributed by atoms with Gasteiger partial charge in [-0.1, -0.05) is 85.8 Å². The standard InChI is InChI=1S/C31H33NO3/c1-30(25-12-8-5-9-13-25)19-18-27(24-14-16-26(34-2)17-15-24)28-21-32(20-23-10-6-4-7-11-23)22-31(28,30)29(33)35-3/h4-18,28H,19-22H2,1-3H3. The van der Waals surface area contributed by atoms with Gasteiger partial charge in [0.25, 0.3) is 0 Å². The van der Waals surface area contributed by atoms with Gasteiger partial charge in [0.15, 0.2) is 0 Å². The first-order valence-electron chi connectivity index (χ1n) is 12.3. The third-order valence-corrected chi connectivity index (χ3v) is 8.23. The quantitative estimate of drug-likeness (QED) is 0.434. The first-order chi connectivity index (χ1) is 17.0. The predicted octanol–water partition coefficient (Wildman–Crippen LogP) is 5.73. The molecule has 0 spiro atoms. The molecule has 180 valence electrons. The van der Waals surface area contributed by atoms with Gasteiger partial charge in [0.05, 0.1) is 19.6 Å². The van der Waals surface area contributed by atoms with Gasteiger partial charge in [-0.25, -0.2) is 0 Å².